The van der Waals surface area contributed by atoms with Crippen LogP contribution in [-0.4, -0.2) is 76.9 Å². The highest BCUT2D eigenvalue weighted by Crippen LogP contribution is 2.43. The number of carbonyl (C=O) groups is 2. The Hall–Kier alpha value is -3.15. The predicted octanol–water partition coefficient (Wildman–Crippen LogP) is 10.2. The fraction of sp³-hybridized carbons (Fsp3) is 0.609. The molecule has 12 heteroatoms. The number of ether oxygens (including phenoxy) is 2. The van der Waals surface area contributed by atoms with Crippen molar-refractivity contribution in [3.63, 3.8) is 0 Å². The summed E-state index contributed by atoms with van der Waals surface area (Å²) in [6.07, 6.45) is 45.7. The molecule has 0 aromatic carbocycles. The van der Waals surface area contributed by atoms with Crippen molar-refractivity contribution in [1.29, 1.82) is 0 Å². The normalized spacial score (nSPS) is 15.3. The number of unbranched alkanes of at least 4 members (excludes halogenated alkanes) is 6. The second-order valence-corrected chi connectivity index (χ2v) is 15.3. The van der Waals surface area contributed by atoms with Gasteiger partial charge in [0.1, 0.15) is 12.7 Å². The molecule has 0 amide bonds. The Morgan fingerprint density at radius 1 is 0.586 bits per heavy atom. The summed E-state index contributed by atoms with van der Waals surface area (Å²) in [5, 5.41) is 28.1. The Balaban J connectivity index is 4.50. The van der Waals surface area contributed by atoms with Crippen molar-refractivity contribution in [2.75, 3.05) is 26.4 Å². The van der Waals surface area contributed by atoms with Gasteiger partial charge in [0, 0.05) is 12.8 Å². The molecule has 58 heavy (non-hydrogen) atoms. The summed E-state index contributed by atoms with van der Waals surface area (Å²) in [6.45, 7) is 1.98. The molecule has 330 valence electrons. The van der Waals surface area contributed by atoms with Crippen molar-refractivity contribution in [2.24, 2.45) is 0 Å². The Morgan fingerprint density at radius 2 is 1.09 bits per heavy atom. The fourth-order valence-corrected chi connectivity index (χ4v) is 5.78. The van der Waals surface area contributed by atoms with Gasteiger partial charge in [-0.05, 0) is 83.5 Å². The largest absolute Gasteiger partial charge is 0.472 e. The first-order chi connectivity index (χ1) is 28.1. The minimum atomic E-state index is -4.65. The molecule has 0 aromatic rings. The standard InChI is InChI=1S/C46H75O11P/c1-3-5-7-8-9-10-11-12-13-14-15-16-20-23-26-29-32-36-45(50)54-40-44(41-56-58(52,53)55-39-43(49)38-47)57-46(51)37-33-30-27-24-21-18-17-19-22-25-28-31-35-42(48)34-6-4-2/h5,7,9-10,12-13,15-18,22,24-25,27,31,35,42-44,47-49H,3-4,6,8,11,14,19-21,23,26,28-30,32-34,36-41H2,1-2H3,(H,52,53)/b7-5-,10-9-,13-12-,16-15-,18-17-,25-22-,27-24-,35-31-/t42-,43+,44-/m1/s1. The number of aliphatic hydroxyl groups is 3. The molecule has 4 atom stereocenters. The first-order valence-corrected chi connectivity index (χ1v) is 22.8. The van der Waals surface area contributed by atoms with Gasteiger partial charge in [0.25, 0.3) is 0 Å². The minimum Gasteiger partial charge on any atom is -0.462 e. The molecule has 11 nitrogen and oxygen atoms in total. The molecule has 0 heterocycles. The minimum absolute atomic E-state index is 0.0798. The van der Waals surface area contributed by atoms with Crippen LogP contribution in [0.15, 0.2) is 97.2 Å². The van der Waals surface area contributed by atoms with E-state index in [-0.39, 0.29) is 25.6 Å². The zero-order chi connectivity index (χ0) is 42.8. The van der Waals surface area contributed by atoms with Crippen LogP contribution in [0.4, 0.5) is 0 Å². The molecular formula is C46H75O11P. The summed E-state index contributed by atoms with van der Waals surface area (Å²) in [4.78, 5) is 35.0. The van der Waals surface area contributed by atoms with E-state index < -0.39 is 51.8 Å². The summed E-state index contributed by atoms with van der Waals surface area (Å²) in [5.41, 5.74) is 0. The maximum absolute atomic E-state index is 12.6. The number of phosphoric ester groups is 1. The average Bonchev–Trinajstić information content (AvgIpc) is 3.21. The summed E-state index contributed by atoms with van der Waals surface area (Å²) in [5.74, 6) is -1.05. The third-order valence-corrected chi connectivity index (χ3v) is 9.24. The van der Waals surface area contributed by atoms with E-state index >= 15 is 0 Å². The number of carbonyl (C=O) groups excluding carboxylic acids is 2. The third kappa shape index (κ3) is 39.7. The highest BCUT2D eigenvalue weighted by molar-refractivity contribution is 7.47. The van der Waals surface area contributed by atoms with Crippen molar-refractivity contribution >= 4 is 19.8 Å². The van der Waals surface area contributed by atoms with Crippen LogP contribution in [0.3, 0.4) is 0 Å². The van der Waals surface area contributed by atoms with E-state index in [4.69, 9.17) is 19.1 Å². The number of allylic oxidation sites excluding steroid dienone is 15. The Labute approximate surface area is 349 Å². The van der Waals surface area contributed by atoms with Gasteiger partial charge in [0.15, 0.2) is 6.10 Å². The Morgan fingerprint density at radius 3 is 1.66 bits per heavy atom. The van der Waals surface area contributed by atoms with E-state index in [1.807, 2.05) is 24.3 Å². The SMILES string of the molecule is CC/C=C\C/C=C\C/C=C\C/C=C\CCCCCCC(=O)OC[C@H](COP(=O)(O)OC[C@@H](O)CO)OC(=O)CCC/C=C\C/C=C\C/C=C\C/C=C\[C@H](O)CCCC. The van der Waals surface area contributed by atoms with Crippen LogP contribution >= 0.6 is 7.82 Å². The van der Waals surface area contributed by atoms with E-state index in [0.717, 1.165) is 89.9 Å². The number of hydrogen-bond donors (Lipinski definition) is 4. The summed E-state index contributed by atoms with van der Waals surface area (Å²) >= 11 is 0. The van der Waals surface area contributed by atoms with E-state index in [2.05, 4.69) is 91.3 Å². The molecule has 0 bridgehead atoms. The Kier molecular flexibility index (Phi) is 38.4. The average molecular weight is 835 g/mol. The first-order valence-electron chi connectivity index (χ1n) is 21.3. The molecule has 0 radical (unpaired) electrons. The molecule has 0 aromatic heterocycles. The van der Waals surface area contributed by atoms with Crippen LogP contribution in [-0.2, 0) is 32.7 Å². The number of aliphatic hydroxyl groups excluding tert-OH is 3. The van der Waals surface area contributed by atoms with Gasteiger partial charge in [-0.2, -0.15) is 0 Å². The van der Waals surface area contributed by atoms with Gasteiger partial charge < -0.3 is 29.7 Å². The van der Waals surface area contributed by atoms with Crippen LogP contribution < -0.4 is 0 Å². The molecule has 0 rings (SSSR count). The van der Waals surface area contributed by atoms with Crippen molar-refractivity contribution in [3.8, 4) is 0 Å². The number of hydrogen-bond acceptors (Lipinski definition) is 10. The quantitative estimate of drug-likeness (QED) is 0.0202. The third-order valence-electron chi connectivity index (χ3n) is 8.29. The van der Waals surface area contributed by atoms with Crippen molar-refractivity contribution in [3.05, 3.63) is 97.2 Å². The summed E-state index contributed by atoms with van der Waals surface area (Å²) < 4.78 is 32.6. The molecule has 0 aliphatic rings. The topological polar surface area (TPSA) is 169 Å². The predicted molar refractivity (Wildman–Crippen MR) is 234 cm³/mol. The second-order valence-electron chi connectivity index (χ2n) is 13.8. The van der Waals surface area contributed by atoms with Gasteiger partial charge >= 0.3 is 19.8 Å². The number of esters is 2. The zero-order valence-electron chi connectivity index (χ0n) is 35.3. The van der Waals surface area contributed by atoms with Crippen LogP contribution in [0.2, 0.25) is 0 Å². The van der Waals surface area contributed by atoms with Gasteiger partial charge in [-0.15, -0.1) is 0 Å². The van der Waals surface area contributed by atoms with E-state index in [1.165, 1.54) is 0 Å². The van der Waals surface area contributed by atoms with Crippen LogP contribution in [0.1, 0.15) is 136 Å². The molecular weight excluding hydrogens is 759 g/mol. The highest BCUT2D eigenvalue weighted by atomic mass is 31.2. The van der Waals surface area contributed by atoms with E-state index in [0.29, 0.717) is 19.3 Å². The van der Waals surface area contributed by atoms with Gasteiger partial charge in [-0.3, -0.25) is 18.6 Å². The molecule has 1 unspecified atom stereocenters. The fourth-order valence-electron chi connectivity index (χ4n) is 4.99. The Bertz CT molecular complexity index is 1300. The molecule has 0 aliphatic heterocycles. The van der Waals surface area contributed by atoms with Gasteiger partial charge in [0.05, 0.1) is 25.9 Å². The number of rotatable bonds is 38. The molecule has 0 aliphatic carbocycles. The van der Waals surface area contributed by atoms with Crippen molar-refractivity contribution in [2.45, 2.75) is 154 Å². The second kappa shape index (κ2) is 40.6. The zero-order valence-corrected chi connectivity index (χ0v) is 36.2. The maximum Gasteiger partial charge on any atom is 0.472 e. The van der Waals surface area contributed by atoms with Crippen LogP contribution in [0.5, 0.6) is 0 Å². The lowest BCUT2D eigenvalue weighted by Gasteiger charge is -2.20. The summed E-state index contributed by atoms with van der Waals surface area (Å²) in [6, 6.07) is 0. The van der Waals surface area contributed by atoms with E-state index in [9.17, 15) is 29.3 Å². The molecule has 4 N–H and O–H groups in total. The molecule has 0 saturated heterocycles. The summed E-state index contributed by atoms with van der Waals surface area (Å²) in [7, 11) is -4.65. The van der Waals surface area contributed by atoms with Crippen LogP contribution in [0, 0.1) is 0 Å². The maximum atomic E-state index is 12.6. The molecule has 0 saturated carbocycles. The monoisotopic (exact) mass is 835 g/mol. The van der Waals surface area contributed by atoms with Crippen molar-refractivity contribution in [1.82, 2.24) is 0 Å². The first kappa shape index (κ1) is 54.9. The smallest absolute Gasteiger partial charge is 0.462 e. The van der Waals surface area contributed by atoms with Crippen molar-refractivity contribution < 1.29 is 52.9 Å². The molecule has 0 spiro atoms. The van der Waals surface area contributed by atoms with Gasteiger partial charge in [-0.1, -0.05) is 137 Å². The van der Waals surface area contributed by atoms with E-state index in [1.54, 1.807) is 0 Å². The van der Waals surface area contributed by atoms with Crippen LogP contribution in [0.25, 0.3) is 0 Å². The van der Waals surface area contributed by atoms with Gasteiger partial charge in [-0.25, -0.2) is 4.57 Å². The number of phosphoric acid groups is 1. The lowest BCUT2D eigenvalue weighted by Crippen LogP contribution is -2.29. The lowest BCUT2D eigenvalue weighted by molar-refractivity contribution is -0.161. The highest BCUT2D eigenvalue weighted by Gasteiger charge is 2.27. The van der Waals surface area contributed by atoms with Gasteiger partial charge in [0.2, 0.25) is 0 Å². The lowest BCUT2D eigenvalue weighted by atomic mass is 10.1. The molecule has 0 fully saturated rings.